The number of rotatable bonds is 4. The zero-order valence-electron chi connectivity index (χ0n) is 13.7. The van der Waals surface area contributed by atoms with Crippen molar-refractivity contribution < 1.29 is 18.3 Å². The van der Waals surface area contributed by atoms with Crippen LogP contribution in [0.15, 0.2) is 42.7 Å². The third-order valence-electron chi connectivity index (χ3n) is 4.32. The number of halogens is 2. The summed E-state index contributed by atoms with van der Waals surface area (Å²) in [5, 5.41) is 0. The molecule has 0 unspecified atom stereocenters. The Hall–Kier alpha value is -2.87. The molecule has 0 spiro atoms. The number of nitrogens with one attached hydrogen (secondary N) is 1. The summed E-state index contributed by atoms with van der Waals surface area (Å²) in [6, 6.07) is 7.53. The first-order chi connectivity index (χ1) is 12.6. The van der Waals surface area contributed by atoms with Crippen LogP contribution >= 0.6 is 0 Å². The number of hydrogen-bond acceptors (Lipinski definition) is 4. The van der Waals surface area contributed by atoms with Gasteiger partial charge in [-0.3, -0.25) is 9.78 Å². The number of amides is 1. The molecule has 134 valence electrons. The van der Waals surface area contributed by atoms with E-state index in [1.807, 2.05) is 0 Å². The molecule has 1 aliphatic rings. The third-order valence-corrected chi connectivity index (χ3v) is 4.32. The SMILES string of the molecule is O=C(c1cccnc1)N1C[C@@H](F)[C@@H](OCc2nc3ccc(F)cc3[nH]2)C1. The Morgan fingerprint density at radius 2 is 2.23 bits per heavy atom. The van der Waals surface area contributed by atoms with Crippen LogP contribution in [0.4, 0.5) is 8.78 Å². The van der Waals surface area contributed by atoms with Crippen molar-refractivity contribution in [1.29, 1.82) is 0 Å². The highest BCUT2D eigenvalue weighted by molar-refractivity contribution is 5.94. The molecule has 3 aromatic rings. The molecule has 1 fully saturated rings. The van der Waals surface area contributed by atoms with Crippen LogP contribution in [0.25, 0.3) is 11.0 Å². The van der Waals surface area contributed by atoms with Crippen LogP contribution in [-0.4, -0.2) is 51.1 Å². The molecule has 4 rings (SSSR count). The van der Waals surface area contributed by atoms with Gasteiger partial charge in [-0.25, -0.2) is 13.8 Å². The van der Waals surface area contributed by atoms with Gasteiger partial charge < -0.3 is 14.6 Å². The van der Waals surface area contributed by atoms with Gasteiger partial charge in [-0.2, -0.15) is 0 Å². The fraction of sp³-hybridized carbons (Fsp3) is 0.278. The van der Waals surface area contributed by atoms with Gasteiger partial charge >= 0.3 is 0 Å². The molecule has 0 radical (unpaired) electrons. The topological polar surface area (TPSA) is 71.1 Å². The summed E-state index contributed by atoms with van der Waals surface area (Å²) < 4.78 is 33.1. The smallest absolute Gasteiger partial charge is 0.255 e. The van der Waals surface area contributed by atoms with E-state index in [9.17, 15) is 13.6 Å². The van der Waals surface area contributed by atoms with Gasteiger partial charge in [0.05, 0.1) is 29.7 Å². The number of pyridine rings is 1. The van der Waals surface area contributed by atoms with Gasteiger partial charge in [0, 0.05) is 12.4 Å². The van der Waals surface area contributed by atoms with Crippen molar-refractivity contribution in [2.45, 2.75) is 18.9 Å². The van der Waals surface area contributed by atoms with Gasteiger partial charge in [-0.15, -0.1) is 0 Å². The molecular weight excluding hydrogens is 342 g/mol. The lowest BCUT2D eigenvalue weighted by Gasteiger charge is -2.15. The van der Waals surface area contributed by atoms with Gasteiger partial charge in [-0.05, 0) is 30.3 Å². The maximum absolute atomic E-state index is 14.3. The molecule has 0 bridgehead atoms. The predicted octanol–water partition coefficient (Wildman–Crippen LogP) is 2.48. The molecule has 1 N–H and O–H groups in total. The fourth-order valence-electron chi connectivity index (χ4n) is 3.02. The number of fused-ring (bicyclic) bond motifs is 1. The maximum Gasteiger partial charge on any atom is 0.255 e. The number of aromatic amines is 1. The average molecular weight is 358 g/mol. The molecule has 8 heteroatoms. The van der Waals surface area contributed by atoms with Gasteiger partial charge in [0.1, 0.15) is 30.5 Å². The minimum absolute atomic E-state index is 0.0241. The molecule has 3 heterocycles. The number of nitrogens with zero attached hydrogens (tertiary/aromatic N) is 3. The van der Waals surface area contributed by atoms with Crippen molar-refractivity contribution in [1.82, 2.24) is 19.9 Å². The van der Waals surface area contributed by atoms with Crippen LogP contribution in [0, 0.1) is 5.82 Å². The lowest BCUT2D eigenvalue weighted by atomic mass is 10.2. The molecule has 1 amide bonds. The van der Waals surface area contributed by atoms with E-state index in [0.29, 0.717) is 22.4 Å². The van der Waals surface area contributed by atoms with Crippen LogP contribution in [0.2, 0.25) is 0 Å². The van der Waals surface area contributed by atoms with Gasteiger partial charge in [-0.1, -0.05) is 0 Å². The summed E-state index contributed by atoms with van der Waals surface area (Å²) in [7, 11) is 0. The summed E-state index contributed by atoms with van der Waals surface area (Å²) in [4.78, 5) is 24.9. The third kappa shape index (κ3) is 3.28. The number of hydrogen-bond donors (Lipinski definition) is 1. The van der Waals surface area contributed by atoms with Crippen molar-refractivity contribution in [3.05, 3.63) is 59.9 Å². The second kappa shape index (κ2) is 6.80. The Balaban J connectivity index is 1.39. The van der Waals surface area contributed by atoms with Crippen LogP contribution in [-0.2, 0) is 11.3 Å². The van der Waals surface area contributed by atoms with E-state index in [-0.39, 0.29) is 31.4 Å². The quantitative estimate of drug-likeness (QED) is 0.778. The van der Waals surface area contributed by atoms with E-state index in [1.54, 1.807) is 24.4 Å². The van der Waals surface area contributed by atoms with Gasteiger partial charge in [0.25, 0.3) is 5.91 Å². The minimum Gasteiger partial charge on any atom is -0.365 e. The van der Waals surface area contributed by atoms with Crippen molar-refractivity contribution >= 4 is 16.9 Å². The molecular formula is C18H16F2N4O2. The van der Waals surface area contributed by atoms with E-state index in [0.717, 1.165) is 0 Å². The molecule has 0 aliphatic carbocycles. The summed E-state index contributed by atoms with van der Waals surface area (Å²) in [6.45, 7) is 0.184. The van der Waals surface area contributed by atoms with E-state index >= 15 is 0 Å². The standard InChI is InChI=1S/C18H16F2N4O2/c19-12-3-4-14-15(6-12)23-17(22-14)10-26-16-9-24(8-13(16)20)18(25)11-2-1-5-21-7-11/h1-7,13,16H,8-10H2,(H,22,23)/t13-,16+/m1/s1. The van der Waals surface area contributed by atoms with E-state index in [4.69, 9.17) is 4.74 Å². The predicted molar refractivity (Wildman–Crippen MR) is 89.7 cm³/mol. The van der Waals surface area contributed by atoms with Crippen LogP contribution < -0.4 is 0 Å². The van der Waals surface area contributed by atoms with Crippen molar-refractivity contribution in [3.8, 4) is 0 Å². The Labute approximate surface area is 147 Å². The minimum atomic E-state index is -1.28. The molecule has 0 saturated carbocycles. The fourth-order valence-corrected chi connectivity index (χ4v) is 3.02. The number of ether oxygens (including phenoxy) is 1. The monoisotopic (exact) mass is 358 g/mol. The molecule has 1 saturated heterocycles. The van der Waals surface area contributed by atoms with Gasteiger partial charge in [0.15, 0.2) is 0 Å². The number of aromatic nitrogens is 3. The second-order valence-corrected chi connectivity index (χ2v) is 6.16. The highest BCUT2D eigenvalue weighted by Gasteiger charge is 2.36. The number of carbonyl (C=O) groups is 1. The van der Waals surface area contributed by atoms with Crippen molar-refractivity contribution in [2.24, 2.45) is 0 Å². The second-order valence-electron chi connectivity index (χ2n) is 6.16. The highest BCUT2D eigenvalue weighted by Crippen LogP contribution is 2.21. The van der Waals surface area contributed by atoms with Gasteiger partial charge in [0.2, 0.25) is 0 Å². The summed E-state index contributed by atoms with van der Waals surface area (Å²) in [5.74, 6) is -0.154. The van der Waals surface area contributed by atoms with E-state index in [2.05, 4.69) is 15.0 Å². The maximum atomic E-state index is 14.3. The number of likely N-dealkylation sites (tertiary alicyclic amines) is 1. The zero-order chi connectivity index (χ0) is 18.1. The normalized spacial score (nSPS) is 20.0. The van der Waals surface area contributed by atoms with Crippen LogP contribution in [0.3, 0.4) is 0 Å². The van der Waals surface area contributed by atoms with Crippen LogP contribution in [0.5, 0.6) is 0 Å². The first-order valence-electron chi connectivity index (χ1n) is 8.19. The summed E-state index contributed by atoms with van der Waals surface area (Å²) >= 11 is 0. The summed E-state index contributed by atoms with van der Waals surface area (Å²) in [5.41, 5.74) is 1.58. The largest absolute Gasteiger partial charge is 0.365 e. The van der Waals surface area contributed by atoms with E-state index < -0.39 is 12.3 Å². The summed E-state index contributed by atoms with van der Waals surface area (Å²) in [6.07, 6.45) is 1.01. The first-order valence-corrected chi connectivity index (χ1v) is 8.19. The molecule has 1 aliphatic heterocycles. The Morgan fingerprint density at radius 3 is 3.04 bits per heavy atom. The van der Waals surface area contributed by atoms with Crippen molar-refractivity contribution in [3.63, 3.8) is 0 Å². The number of imidazole rings is 1. The molecule has 6 nitrogen and oxygen atoms in total. The Kier molecular flexibility index (Phi) is 4.34. The Bertz CT molecular complexity index is 931. The molecule has 2 aromatic heterocycles. The lowest BCUT2D eigenvalue weighted by molar-refractivity contribution is 0.00887. The van der Waals surface area contributed by atoms with Crippen LogP contribution in [0.1, 0.15) is 16.2 Å². The molecule has 1 aromatic carbocycles. The number of carbonyl (C=O) groups excluding carboxylic acids is 1. The molecule has 26 heavy (non-hydrogen) atoms. The Morgan fingerprint density at radius 1 is 1.35 bits per heavy atom. The highest BCUT2D eigenvalue weighted by atomic mass is 19.1. The number of H-pyrrole nitrogens is 1. The zero-order valence-corrected chi connectivity index (χ0v) is 13.7. The average Bonchev–Trinajstić information content (AvgIpc) is 3.22. The van der Waals surface area contributed by atoms with E-state index in [1.165, 1.54) is 23.2 Å². The van der Waals surface area contributed by atoms with Crippen molar-refractivity contribution in [2.75, 3.05) is 13.1 Å². The number of alkyl halides is 1. The lowest BCUT2D eigenvalue weighted by Crippen LogP contribution is -2.30. The molecule has 2 atom stereocenters. The first kappa shape index (κ1) is 16.6. The number of benzene rings is 1.